The van der Waals surface area contributed by atoms with Gasteiger partial charge in [0.1, 0.15) is 0 Å². The zero-order valence-corrected chi connectivity index (χ0v) is 25.9. The Morgan fingerprint density at radius 1 is 0.684 bits per heavy atom. The Bertz CT molecular complexity index is 1400. The first kappa shape index (κ1) is 28.7. The van der Waals surface area contributed by atoms with Crippen molar-refractivity contribution in [1.29, 1.82) is 0 Å². The molecule has 0 aliphatic heterocycles. The van der Waals surface area contributed by atoms with Gasteiger partial charge in [0.2, 0.25) is 0 Å². The van der Waals surface area contributed by atoms with Crippen molar-refractivity contribution in [2.24, 2.45) is 5.41 Å². The molecule has 4 rings (SSSR count). The monoisotopic (exact) mass is 609 g/mol. The molecule has 198 valence electrons. The molecule has 0 saturated heterocycles. The Morgan fingerprint density at radius 3 is 1.79 bits per heavy atom. The maximum absolute atomic E-state index is 13.9. The van der Waals surface area contributed by atoms with Gasteiger partial charge < -0.3 is 0 Å². The molecule has 6 heteroatoms. The van der Waals surface area contributed by atoms with E-state index in [0.29, 0.717) is 0 Å². The molecule has 3 nitrogen and oxygen atoms in total. The van der Waals surface area contributed by atoms with Gasteiger partial charge in [-0.05, 0) is 0 Å². The molecule has 4 atom stereocenters. The normalized spacial score (nSPS) is 15.0. The van der Waals surface area contributed by atoms with E-state index in [9.17, 15) is 8.42 Å². The van der Waals surface area contributed by atoms with Crippen LogP contribution in [-0.2, 0) is 21.8 Å². The van der Waals surface area contributed by atoms with Crippen LogP contribution in [0.3, 0.4) is 0 Å². The SMILES string of the molecule is Cc1ccc([S@](=O)c2ccccc2[C@@H]([Se]c2ccccc2)[C@@H](N[S@@](=O)c2ccc(C)cc2)C(C)(C)C)cc1. The quantitative estimate of drug-likeness (QED) is 0.228. The van der Waals surface area contributed by atoms with Crippen molar-refractivity contribution in [3.05, 3.63) is 120 Å². The van der Waals surface area contributed by atoms with E-state index in [1.54, 1.807) is 0 Å². The molecule has 0 fully saturated rings. The van der Waals surface area contributed by atoms with Crippen molar-refractivity contribution in [2.45, 2.75) is 60.2 Å². The molecule has 1 N–H and O–H groups in total. The van der Waals surface area contributed by atoms with Crippen LogP contribution in [0.15, 0.2) is 118 Å². The van der Waals surface area contributed by atoms with Crippen LogP contribution in [0.2, 0.25) is 0 Å². The van der Waals surface area contributed by atoms with Gasteiger partial charge in [0.05, 0.1) is 0 Å². The van der Waals surface area contributed by atoms with Gasteiger partial charge in [0, 0.05) is 0 Å². The third-order valence-electron chi connectivity index (χ3n) is 6.37. The van der Waals surface area contributed by atoms with Crippen molar-refractivity contribution < 1.29 is 8.42 Å². The summed E-state index contributed by atoms with van der Waals surface area (Å²) in [6.45, 7) is 10.6. The molecule has 4 aromatic rings. The van der Waals surface area contributed by atoms with Gasteiger partial charge >= 0.3 is 240 Å². The minimum absolute atomic E-state index is 0.00935. The fraction of sp³-hybridized carbons (Fsp3) is 0.250. The Hall–Kier alpha value is -2.34. The molecule has 0 bridgehead atoms. The molecule has 0 heterocycles. The Balaban J connectivity index is 1.80. The van der Waals surface area contributed by atoms with Gasteiger partial charge in [0.15, 0.2) is 0 Å². The second kappa shape index (κ2) is 12.7. The summed E-state index contributed by atoms with van der Waals surface area (Å²) in [5.74, 6) is 0. The Kier molecular flexibility index (Phi) is 9.56. The van der Waals surface area contributed by atoms with Crippen LogP contribution < -0.4 is 9.18 Å². The molecule has 0 unspecified atom stereocenters. The standard InChI is InChI=1S/C32H35NO2S2Se/c1-23-15-19-25(20-16-23)36(34)29-14-10-9-13-28(29)30(38-27-11-7-6-8-12-27)31(32(3,4)5)33-37(35)26-21-17-24(2)18-22-26/h6-22,30-31,33H,1-5H3/t30-,31-,36+,37+/m1/s1. The second-order valence-corrected chi connectivity index (χ2v) is 15.8. The summed E-state index contributed by atoms with van der Waals surface area (Å²) in [6.07, 6.45) is 0. The maximum atomic E-state index is 13.9. The third kappa shape index (κ3) is 7.19. The predicted molar refractivity (Wildman–Crippen MR) is 161 cm³/mol. The van der Waals surface area contributed by atoms with Crippen molar-refractivity contribution in [2.75, 3.05) is 0 Å². The molecule has 0 aliphatic carbocycles. The first-order chi connectivity index (χ1) is 18.1. The molecule has 0 radical (unpaired) electrons. The Labute approximate surface area is 238 Å². The Morgan fingerprint density at radius 2 is 1.21 bits per heavy atom. The zero-order valence-electron chi connectivity index (χ0n) is 22.5. The molecule has 0 aromatic heterocycles. The van der Waals surface area contributed by atoms with E-state index in [2.05, 4.69) is 55.8 Å². The number of aryl methyl sites for hydroxylation is 2. The van der Waals surface area contributed by atoms with Gasteiger partial charge in [-0.3, -0.25) is 0 Å². The van der Waals surface area contributed by atoms with E-state index >= 15 is 0 Å². The summed E-state index contributed by atoms with van der Waals surface area (Å²) in [5.41, 5.74) is 3.10. The van der Waals surface area contributed by atoms with E-state index < -0.39 is 21.8 Å². The summed E-state index contributed by atoms with van der Waals surface area (Å²) < 4.78 is 32.3. The van der Waals surface area contributed by atoms with Crippen LogP contribution in [0.1, 0.15) is 42.3 Å². The second-order valence-electron chi connectivity index (χ2n) is 10.5. The molecule has 38 heavy (non-hydrogen) atoms. The van der Waals surface area contributed by atoms with Crippen LogP contribution in [0.5, 0.6) is 0 Å². The van der Waals surface area contributed by atoms with Crippen molar-refractivity contribution in [1.82, 2.24) is 4.72 Å². The number of rotatable bonds is 9. The molecule has 0 spiro atoms. The number of hydrogen-bond acceptors (Lipinski definition) is 2. The molecule has 0 aliphatic rings. The van der Waals surface area contributed by atoms with E-state index in [4.69, 9.17) is 0 Å². The van der Waals surface area contributed by atoms with Gasteiger partial charge in [-0.15, -0.1) is 0 Å². The molecular formula is C32H35NO2S2Se. The van der Waals surface area contributed by atoms with Crippen LogP contribution in [0.25, 0.3) is 0 Å². The van der Waals surface area contributed by atoms with Gasteiger partial charge in [-0.2, -0.15) is 0 Å². The fourth-order valence-electron chi connectivity index (χ4n) is 4.17. The molecular weight excluding hydrogens is 573 g/mol. The fourth-order valence-corrected chi connectivity index (χ4v) is 10.3. The van der Waals surface area contributed by atoms with Gasteiger partial charge in [0.25, 0.3) is 0 Å². The molecule has 0 amide bonds. The summed E-state index contributed by atoms with van der Waals surface area (Å²) >= 11 is -0.0166. The average molecular weight is 609 g/mol. The number of benzene rings is 4. The zero-order chi connectivity index (χ0) is 27.3. The van der Waals surface area contributed by atoms with Crippen LogP contribution in [-0.4, -0.2) is 29.4 Å². The summed E-state index contributed by atoms with van der Waals surface area (Å²) in [7, 11) is -2.73. The van der Waals surface area contributed by atoms with Crippen molar-refractivity contribution in [3.8, 4) is 0 Å². The van der Waals surface area contributed by atoms with E-state index in [1.807, 2.05) is 86.6 Å². The van der Waals surface area contributed by atoms with E-state index in [-0.39, 0.29) is 31.2 Å². The number of hydrogen-bond donors (Lipinski definition) is 1. The third-order valence-corrected chi connectivity index (χ3v) is 11.8. The van der Waals surface area contributed by atoms with Gasteiger partial charge in [-0.1, -0.05) is 0 Å². The predicted octanol–water partition coefficient (Wildman–Crippen LogP) is 6.27. The van der Waals surface area contributed by atoms with E-state index in [1.165, 1.54) is 4.46 Å². The molecule has 0 saturated carbocycles. The van der Waals surface area contributed by atoms with Crippen LogP contribution >= 0.6 is 0 Å². The van der Waals surface area contributed by atoms with Crippen molar-refractivity contribution in [3.63, 3.8) is 0 Å². The molecule has 4 aromatic carbocycles. The summed E-state index contributed by atoms with van der Waals surface area (Å²) in [5, 5.41) is 0. The minimum atomic E-state index is -1.39. The van der Waals surface area contributed by atoms with E-state index in [0.717, 1.165) is 31.4 Å². The van der Waals surface area contributed by atoms with Crippen molar-refractivity contribution >= 4 is 41.2 Å². The number of nitrogens with one attached hydrogen (secondary N) is 1. The first-order valence-electron chi connectivity index (χ1n) is 12.7. The topological polar surface area (TPSA) is 46.2 Å². The first-order valence-corrected chi connectivity index (χ1v) is 16.8. The average Bonchev–Trinajstić information content (AvgIpc) is 2.91. The van der Waals surface area contributed by atoms with Gasteiger partial charge in [-0.25, -0.2) is 0 Å². The van der Waals surface area contributed by atoms with Crippen LogP contribution in [0.4, 0.5) is 0 Å². The summed E-state index contributed by atoms with van der Waals surface area (Å²) in [6, 6.07) is 34.1. The van der Waals surface area contributed by atoms with Crippen LogP contribution in [0, 0.1) is 19.3 Å². The summed E-state index contributed by atoms with van der Waals surface area (Å²) in [4.78, 5) is 2.35.